The standard InChI is InChI=1S/C20H36N2O2.ClH/c1-5-20(6-2)17(13-18(20)24-7-3)22(4)19(23)12-14-10-15-8-9-16(11-14)21-15;/h14-18,21H,5-13H2,1-4H3;1H. The number of fused-ring (bicyclic) bond motifs is 2. The largest absolute Gasteiger partial charge is 0.378 e. The number of amides is 1. The molecule has 3 fully saturated rings. The number of hydrogen-bond donors (Lipinski definition) is 1. The summed E-state index contributed by atoms with van der Waals surface area (Å²) in [6.07, 6.45) is 9.25. The van der Waals surface area contributed by atoms with E-state index in [-0.39, 0.29) is 17.8 Å². The average molecular weight is 373 g/mol. The van der Waals surface area contributed by atoms with Crippen molar-refractivity contribution in [1.29, 1.82) is 0 Å². The maximum absolute atomic E-state index is 12.9. The molecule has 0 aromatic heterocycles. The number of carbonyl (C=O) groups is 1. The molecule has 1 N–H and O–H groups in total. The Morgan fingerprint density at radius 1 is 1.12 bits per heavy atom. The SMILES string of the molecule is CCOC1CC(N(C)C(=O)CC2CC3CCC(C2)N3)C1(CC)CC.Cl. The molecule has 3 rings (SSSR count). The van der Waals surface area contributed by atoms with Crippen LogP contribution in [0.25, 0.3) is 0 Å². The predicted octanol–water partition coefficient (Wildman–Crippen LogP) is 3.77. The maximum Gasteiger partial charge on any atom is 0.222 e. The highest BCUT2D eigenvalue weighted by Crippen LogP contribution is 2.51. The van der Waals surface area contributed by atoms with Crippen molar-refractivity contribution in [3.8, 4) is 0 Å². The Bertz CT molecular complexity index is 443. The van der Waals surface area contributed by atoms with Gasteiger partial charge in [0.15, 0.2) is 0 Å². The summed E-state index contributed by atoms with van der Waals surface area (Å²) < 4.78 is 5.98. The predicted molar refractivity (Wildman–Crippen MR) is 104 cm³/mol. The van der Waals surface area contributed by atoms with Crippen LogP contribution < -0.4 is 5.32 Å². The first kappa shape index (κ1) is 21.0. The van der Waals surface area contributed by atoms with E-state index in [2.05, 4.69) is 31.0 Å². The van der Waals surface area contributed by atoms with Gasteiger partial charge in [-0.25, -0.2) is 0 Å². The van der Waals surface area contributed by atoms with Crippen molar-refractivity contribution in [2.45, 2.75) is 96.4 Å². The van der Waals surface area contributed by atoms with E-state index in [0.717, 1.165) is 32.3 Å². The van der Waals surface area contributed by atoms with Crippen LogP contribution in [0.15, 0.2) is 0 Å². The fourth-order valence-corrected chi connectivity index (χ4v) is 5.79. The van der Waals surface area contributed by atoms with Gasteiger partial charge in [-0.15, -0.1) is 12.4 Å². The maximum atomic E-state index is 12.9. The molecule has 4 atom stereocenters. The normalized spacial score (nSPS) is 35.6. The van der Waals surface area contributed by atoms with E-state index in [9.17, 15) is 4.79 Å². The second-order valence-electron chi connectivity index (χ2n) is 8.32. The molecule has 4 unspecified atom stereocenters. The van der Waals surface area contributed by atoms with Crippen LogP contribution in [0, 0.1) is 11.3 Å². The van der Waals surface area contributed by atoms with Gasteiger partial charge in [-0.3, -0.25) is 4.79 Å². The molecule has 25 heavy (non-hydrogen) atoms. The molecular formula is C20H37ClN2O2. The molecular weight excluding hydrogens is 336 g/mol. The molecule has 2 saturated heterocycles. The topological polar surface area (TPSA) is 41.6 Å². The Kier molecular flexibility index (Phi) is 7.20. The second kappa shape index (κ2) is 8.58. The van der Waals surface area contributed by atoms with Crippen molar-refractivity contribution < 1.29 is 9.53 Å². The number of nitrogens with one attached hydrogen (secondary N) is 1. The number of ether oxygens (including phenoxy) is 1. The van der Waals surface area contributed by atoms with Gasteiger partial charge in [0.05, 0.1) is 6.10 Å². The van der Waals surface area contributed by atoms with Crippen molar-refractivity contribution in [2.24, 2.45) is 11.3 Å². The average Bonchev–Trinajstić information content (AvgIpc) is 2.90. The molecule has 3 aliphatic rings. The smallest absolute Gasteiger partial charge is 0.222 e. The van der Waals surface area contributed by atoms with Crippen LogP contribution in [0.2, 0.25) is 0 Å². The van der Waals surface area contributed by atoms with E-state index >= 15 is 0 Å². The molecule has 0 radical (unpaired) electrons. The van der Waals surface area contributed by atoms with Gasteiger partial charge < -0.3 is 15.0 Å². The quantitative estimate of drug-likeness (QED) is 0.739. The van der Waals surface area contributed by atoms with E-state index in [1.54, 1.807) is 0 Å². The minimum Gasteiger partial charge on any atom is -0.378 e. The van der Waals surface area contributed by atoms with Crippen LogP contribution >= 0.6 is 12.4 Å². The molecule has 1 saturated carbocycles. The highest BCUT2D eigenvalue weighted by Gasteiger charge is 2.55. The first-order valence-corrected chi connectivity index (χ1v) is 10.2. The molecule has 0 aromatic rings. The third kappa shape index (κ3) is 3.86. The summed E-state index contributed by atoms with van der Waals surface area (Å²) in [4.78, 5) is 15.0. The number of piperidine rings is 1. The van der Waals surface area contributed by atoms with Gasteiger partial charge >= 0.3 is 0 Å². The number of halogens is 1. The summed E-state index contributed by atoms with van der Waals surface area (Å²) in [6.45, 7) is 7.35. The Morgan fingerprint density at radius 2 is 1.72 bits per heavy atom. The monoisotopic (exact) mass is 372 g/mol. The Labute approximate surface area is 159 Å². The minimum absolute atomic E-state index is 0. The summed E-state index contributed by atoms with van der Waals surface area (Å²) >= 11 is 0. The van der Waals surface area contributed by atoms with Crippen molar-refractivity contribution in [3.05, 3.63) is 0 Å². The molecule has 0 aromatic carbocycles. The van der Waals surface area contributed by atoms with Crippen molar-refractivity contribution >= 4 is 18.3 Å². The Morgan fingerprint density at radius 3 is 2.24 bits per heavy atom. The lowest BCUT2D eigenvalue weighted by molar-refractivity contribution is -0.177. The zero-order valence-corrected chi connectivity index (χ0v) is 17.2. The fourth-order valence-electron chi connectivity index (χ4n) is 5.79. The van der Waals surface area contributed by atoms with Gasteiger partial charge in [0, 0.05) is 43.6 Å². The molecule has 0 spiro atoms. The number of hydrogen-bond acceptors (Lipinski definition) is 3. The van der Waals surface area contributed by atoms with Crippen molar-refractivity contribution in [1.82, 2.24) is 10.2 Å². The molecule has 5 heteroatoms. The first-order chi connectivity index (χ1) is 11.5. The van der Waals surface area contributed by atoms with E-state index in [0.29, 0.717) is 36.1 Å². The third-order valence-electron chi connectivity index (χ3n) is 7.32. The number of rotatable bonds is 7. The lowest BCUT2D eigenvalue weighted by Crippen LogP contribution is -2.64. The number of carbonyl (C=O) groups excluding carboxylic acids is 1. The summed E-state index contributed by atoms with van der Waals surface area (Å²) in [5, 5.41) is 3.68. The van der Waals surface area contributed by atoms with Crippen LogP contribution in [-0.2, 0) is 9.53 Å². The highest BCUT2D eigenvalue weighted by atomic mass is 35.5. The van der Waals surface area contributed by atoms with Gasteiger partial charge in [-0.05, 0) is 57.8 Å². The third-order valence-corrected chi connectivity index (χ3v) is 7.32. The van der Waals surface area contributed by atoms with Crippen molar-refractivity contribution in [3.63, 3.8) is 0 Å². The summed E-state index contributed by atoms with van der Waals surface area (Å²) in [6, 6.07) is 1.70. The molecule has 4 nitrogen and oxygen atoms in total. The van der Waals surface area contributed by atoms with E-state index in [1.165, 1.54) is 25.7 Å². The highest BCUT2D eigenvalue weighted by molar-refractivity contribution is 5.85. The Balaban J connectivity index is 0.00000225. The first-order valence-electron chi connectivity index (χ1n) is 10.2. The lowest BCUT2D eigenvalue weighted by Gasteiger charge is -2.58. The molecule has 2 heterocycles. The van der Waals surface area contributed by atoms with Crippen LogP contribution in [0.1, 0.15) is 72.1 Å². The second-order valence-corrected chi connectivity index (χ2v) is 8.32. The number of nitrogens with zero attached hydrogens (tertiary/aromatic N) is 1. The van der Waals surface area contributed by atoms with Gasteiger partial charge in [0.1, 0.15) is 0 Å². The van der Waals surface area contributed by atoms with E-state index in [1.807, 2.05) is 7.05 Å². The lowest BCUT2D eigenvalue weighted by atomic mass is 9.58. The van der Waals surface area contributed by atoms with Gasteiger partial charge in [-0.2, -0.15) is 0 Å². The van der Waals surface area contributed by atoms with Gasteiger partial charge in [0.25, 0.3) is 0 Å². The zero-order chi connectivity index (χ0) is 17.3. The van der Waals surface area contributed by atoms with E-state index < -0.39 is 0 Å². The minimum atomic E-state index is 0. The molecule has 1 amide bonds. The molecule has 1 aliphatic carbocycles. The van der Waals surface area contributed by atoms with Gasteiger partial charge in [0.2, 0.25) is 5.91 Å². The molecule has 146 valence electrons. The van der Waals surface area contributed by atoms with Crippen LogP contribution in [-0.4, -0.2) is 48.7 Å². The van der Waals surface area contributed by atoms with E-state index in [4.69, 9.17) is 4.74 Å². The molecule has 2 aliphatic heterocycles. The zero-order valence-electron chi connectivity index (χ0n) is 16.4. The van der Waals surface area contributed by atoms with Gasteiger partial charge in [-0.1, -0.05) is 13.8 Å². The Hall–Kier alpha value is -0.320. The summed E-state index contributed by atoms with van der Waals surface area (Å²) in [5.41, 5.74) is 0.160. The summed E-state index contributed by atoms with van der Waals surface area (Å²) in [7, 11) is 2.03. The van der Waals surface area contributed by atoms with Crippen LogP contribution in [0.5, 0.6) is 0 Å². The molecule has 2 bridgehead atoms. The van der Waals surface area contributed by atoms with Crippen LogP contribution in [0.3, 0.4) is 0 Å². The van der Waals surface area contributed by atoms with Crippen molar-refractivity contribution in [2.75, 3.05) is 13.7 Å². The van der Waals surface area contributed by atoms with Crippen LogP contribution in [0.4, 0.5) is 0 Å². The summed E-state index contributed by atoms with van der Waals surface area (Å²) in [5.74, 6) is 0.937. The fraction of sp³-hybridized carbons (Fsp3) is 0.950.